The summed E-state index contributed by atoms with van der Waals surface area (Å²) in [6, 6.07) is 9.98. The first-order chi connectivity index (χ1) is 15.5. The second kappa shape index (κ2) is 11.2. The van der Waals surface area contributed by atoms with Gasteiger partial charge in [-0.15, -0.1) is 0 Å². The number of rotatable bonds is 12. The fraction of sp³-hybridized carbons (Fsp3) is 0.577. The normalized spacial score (nSPS) is 13.1. The van der Waals surface area contributed by atoms with Crippen LogP contribution in [0.2, 0.25) is 0 Å². The van der Waals surface area contributed by atoms with Crippen molar-refractivity contribution in [2.45, 2.75) is 84.6 Å². The molecule has 0 fully saturated rings. The summed E-state index contributed by atoms with van der Waals surface area (Å²) < 4.78 is 7.90. The highest BCUT2D eigenvalue weighted by Gasteiger charge is 2.35. The zero-order valence-corrected chi connectivity index (χ0v) is 20.8. The van der Waals surface area contributed by atoms with Crippen LogP contribution in [-0.4, -0.2) is 50.8 Å². The molecule has 0 aliphatic carbocycles. The summed E-state index contributed by atoms with van der Waals surface area (Å²) in [5.74, 6) is 0.380. The maximum absolute atomic E-state index is 12.7. The average molecular weight is 461 g/mol. The first kappa shape index (κ1) is 26.9. The van der Waals surface area contributed by atoms with E-state index in [4.69, 9.17) is 9.84 Å². The van der Waals surface area contributed by atoms with E-state index in [0.717, 1.165) is 35.4 Å². The van der Waals surface area contributed by atoms with Crippen LogP contribution in [0.15, 0.2) is 30.3 Å². The van der Waals surface area contributed by atoms with Crippen molar-refractivity contribution in [3.8, 4) is 5.75 Å². The van der Waals surface area contributed by atoms with Gasteiger partial charge >= 0.3 is 0 Å². The minimum atomic E-state index is -1.30. The summed E-state index contributed by atoms with van der Waals surface area (Å²) in [7, 11) is 0. The fourth-order valence-corrected chi connectivity index (χ4v) is 4.38. The highest BCUT2D eigenvalue weighted by Crippen LogP contribution is 2.41. The Balaban J connectivity index is 2.42. The minimum absolute atomic E-state index is 0.305. The molecule has 1 atom stereocenters. The number of nitrogens with zero attached hydrogens (tertiary/aromatic N) is 1. The number of carbonyl (C=O) groups excluding carboxylic acids is 1. The molecule has 2 rings (SSSR count). The van der Waals surface area contributed by atoms with Gasteiger partial charge in [-0.1, -0.05) is 26.0 Å². The van der Waals surface area contributed by atoms with Crippen molar-refractivity contribution in [2.75, 3.05) is 13.2 Å². The van der Waals surface area contributed by atoms with Gasteiger partial charge in [0.15, 0.2) is 0 Å². The van der Waals surface area contributed by atoms with E-state index < -0.39 is 24.3 Å². The molecule has 0 spiro atoms. The Morgan fingerprint density at radius 2 is 1.82 bits per heavy atom. The van der Waals surface area contributed by atoms with E-state index in [1.807, 2.05) is 30.5 Å². The monoisotopic (exact) mass is 460 g/mol. The fourth-order valence-electron chi connectivity index (χ4n) is 4.38. The molecular formula is C26H40N2O5. The average Bonchev–Trinajstić information content (AvgIpc) is 3.20. The Hall–Kier alpha value is -2.35. The van der Waals surface area contributed by atoms with E-state index in [1.165, 1.54) is 0 Å². The van der Waals surface area contributed by atoms with E-state index in [-0.39, 0.29) is 5.41 Å². The van der Waals surface area contributed by atoms with Crippen LogP contribution in [-0.2, 0) is 12.0 Å². The van der Waals surface area contributed by atoms with Gasteiger partial charge in [0.05, 0.1) is 18.8 Å². The van der Waals surface area contributed by atoms with Crippen LogP contribution in [0.3, 0.4) is 0 Å². The first-order valence-corrected chi connectivity index (χ1v) is 11.8. The summed E-state index contributed by atoms with van der Waals surface area (Å²) in [4.78, 5) is 12.7. The molecule has 7 nitrogen and oxygen atoms in total. The molecule has 7 heteroatoms. The molecule has 33 heavy (non-hydrogen) atoms. The maximum Gasteiger partial charge on any atom is 0.269 e. The Morgan fingerprint density at radius 3 is 2.33 bits per heavy atom. The van der Waals surface area contributed by atoms with Gasteiger partial charge in [-0.25, -0.2) is 0 Å². The quantitative estimate of drug-likeness (QED) is 0.363. The molecule has 1 amide bonds. The lowest BCUT2D eigenvalue weighted by Gasteiger charge is -2.34. The SMILES string of the molecule is CCn1c(C(=O)NC(O)CO)ccc1C(CC)(CC)c1ccc(OCCC(C)(C)O)c(C)c1. The van der Waals surface area contributed by atoms with Crippen LogP contribution >= 0.6 is 0 Å². The topological polar surface area (TPSA) is 104 Å². The molecule has 0 saturated carbocycles. The number of aromatic nitrogens is 1. The van der Waals surface area contributed by atoms with E-state index in [2.05, 4.69) is 31.3 Å². The number of carbonyl (C=O) groups is 1. The third kappa shape index (κ3) is 6.16. The van der Waals surface area contributed by atoms with Crippen LogP contribution < -0.4 is 10.1 Å². The van der Waals surface area contributed by atoms with Gasteiger partial charge in [0, 0.05) is 24.1 Å². The van der Waals surface area contributed by atoms with Crippen LogP contribution in [0, 0.1) is 6.92 Å². The van der Waals surface area contributed by atoms with Crippen molar-refractivity contribution < 1.29 is 24.9 Å². The van der Waals surface area contributed by atoms with Crippen LogP contribution in [0.4, 0.5) is 0 Å². The number of ether oxygens (including phenoxy) is 1. The Kier molecular flexibility index (Phi) is 9.12. The van der Waals surface area contributed by atoms with Gasteiger partial charge in [-0.05, 0) is 69.9 Å². The van der Waals surface area contributed by atoms with Crippen LogP contribution in [0.1, 0.15) is 81.2 Å². The molecule has 0 radical (unpaired) electrons. The number of benzene rings is 1. The number of hydrogen-bond donors (Lipinski definition) is 4. The van der Waals surface area contributed by atoms with Crippen molar-refractivity contribution in [3.63, 3.8) is 0 Å². The predicted octanol–water partition coefficient (Wildman–Crippen LogP) is 3.50. The van der Waals surface area contributed by atoms with Crippen molar-refractivity contribution in [3.05, 3.63) is 52.8 Å². The molecule has 1 aromatic heterocycles. The number of amides is 1. The highest BCUT2D eigenvalue weighted by molar-refractivity contribution is 5.93. The molecule has 0 saturated heterocycles. The molecule has 1 heterocycles. The van der Waals surface area contributed by atoms with Crippen LogP contribution in [0.25, 0.3) is 0 Å². The molecule has 1 aromatic carbocycles. The minimum Gasteiger partial charge on any atom is -0.493 e. The third-order valence-corrected chi connectivity index (χ3v) is 6.40. The summed E-state index contributed by atoms with van der Waals surface area (Å²) in [5, 5.41) is 31.0. The summed E-state index contributed by atoms with van der Waals surface area (Å²) in [5.41, 5.74) is 2.59. The number of aryl methyl sites for hydroxylation is 1. The molecule has 184 valence electrons. The maximum atomic E-state index is 12.7. The van der Waals surface area contributed by atoms with Crippen molar-refractivity contribution in [2.24, 2.45) is 0 Å². The Labute approximate surface area is 197 Å². The second-order valence-corrected chi connectivity index (χ2v) is 9.20. The van der Waals surface area contributed by atoms with E-state index >= 15 is 0 Å². The largest absolute Gasteiger partial charge is 0.493 e. The van der Waals surface area contributed by atoms with E-state index in [0.29, 0.717) is 25.3 Å². The van der Waals surface area contributed by atoms with Crippen LogP contribution in [0.5, 0.6) is 5.75 Å². The van der Waals surface area contributed by atoms with Crippen molar-refractivity contribution in [1.29, 1.82) is 0 Å². The summed E-state index contributed by atoms with van der Waals surface area (Å²) >= 11 is 0. The van der Waals surface area contributed by atoms with E-state index in [1.54, 1.807) is 19.9 Å². The highest BCUT2D eigenvalue weighted by atomic mass is 16.5. The molecule has 2 aromatic rings. The standard InChI is InChI=1S/C26H40N2O5/c1-7-26(8-2,19-10-12-21(18(4)16-19)33-15-14-25(5,6)32)22-13-11-20(28(22)9-3)24(31)27-23(30)17-29/h10-13,16,23,29-30,32H,7-9,14-15,17H2,1-6H3,(H,27,31). The summed E-state index contributed by atoms with van der Waals surface area (Å²) in [6.45, 7) is 12.3. The first-order valence-electron chi connectivity index (χ1n) is 11.8. The van der Waals surface area contributed by atoms with Gasteiger partial charge < -0.3 is 29.9 Å². The number of aliphatic hydroxyl groups excluding tert-OH is 2. The van der Waals surface area contributed by atoms with Gasteiger partial charge in [0.25, 0.3) is 5.91 Å². The molecule has 0 bridgehead atoms. The smallest absolute Gasteiger partial charge is 0.269 e. The van der Waals surface area contributed by atoms with E-state index in [9.17, 15) is 15.0 Å². The molecular weight excluding hydrogens is 420 g/mol. The summed E-state index contributed by atoms with van der Waals surface area (Å²) in [6.07, 6.45) is 0.926. The lowest BCUT2D eigenvalue weighted by Crippen LogP contribution is -2.38. The van der Waals surface area contributed by atoms with Gasteiger partial charge in [0.2, 0.25) is 0 Å². The van der Waals surface area contributed by atoms with Gasteiger partial charge in [-0.3, -0.25) is 4.79 Å². The zero-order chi connectivity index (χ0) is 24.8. The third-order valence-electron chi connectivity index (χ3n) is 6.40. The molecule has 1 unspecified atom stereocenters. The molecule has 0 aliphatic rings. The molecule has 4 N–H and O–H groups in total. The van der Waals surface area contributed by atoms with Crippen molar-refractivity contribution >= 4 is 5.91 Å². The van der Waals surface area contributed by atoms with Gasteiger partial charge in [0.1, 0.15) is 17.7 Å². The Morgan fingerprint density at radius 1 is 1.15 bits per heavy atom. The molecule has 0 aliphatic heterocycles. The van der Waals surface area contributed by atoms with Gasteiger partial charge in [-0.2, -0.15) is 0 Å². The lowest BCUT2D eigenvalue weighted by molar-refractivity contribution is 0.0539. The number of hydrogen-bond acceptors (Lipinski definition) is 5. The lowest BCUT2D eigenvalue weighted by atomic mass is 9.72. The van der Waals surface area contributed by atoms with Crippen molar-refractivity contribution in [1.82, 2.24) is 9.88 Å². The predicted molar refractivity (Wildman–Crippen MR) is 130 cm³/mol. The zero-order valence-electron chi connectivity index (χ0n) is 20.8. The number of aliphatic hydroxyl groups is 3. The number of nitrogens with one attached hydrogen (secondary N) is 1. The Bertz CT molecular complexity index is 925. The second-order valence-electron chi connectivity index (χ2n) is 9.20.